The lowest BCUT2D eigenvalue weighted by Gasteiger charge is -2.39. The summed E-state index contributed by atoms with van der Waals surface area (Å²) in [6.45, 7) is 0. The summed E-state index contributed by atoms with van der Waals surface area (Å²) in [6, 6.07) is 2.59. The molecule has 24 heavy (non-hydrogen) atoms. The third kappa shape index (κ3) is 3.36. The first-order valence-corrected chi connectivity index (χ1v) is 9.20. The molecule has 3 aliphatic rings. The number of ether oxygens (including phenoxy) is 2. The van der Waals surface area contributed by atoms with Gasteiger partial charge in [0.05, 0.1) is 24.7 Å². The minimum absolute atomic E-state index is 0.123. The number of methoxy groups -OCH3 is 1. The lowest BCUT2D eigenvalue weighted by Crippen LogP contribution is -2.34. The summed E-state index contributed by atoms with van der Waals surface area (Å²) in [4.78, 5) is 11.0. The Labute approximate surface area is 144 Å². The Morgan fingerprint density at radius 1 is 1.21 bits per heavy atom. The number of rotatable bonds is 5. The normalized spacial score (nSPS) is 34.0. The molecule has 1 unspecified atom stereocenters. The van der Waals surface area contributed by atoms with Gasteiger partial charge in [0.2, 0.25) is 0 Å². The summed E-state index contributed by atoms with van der Waals surface area (Å²) >= 11 is 0. The Hall–Kier alpha value is -1.76. The predicted octanol–water partition coefficient (Wildman–Crippen LogP) is 4.28. The van der Waals surface area contributed by atoms with Crippen molar-refractivity contribution in [2.45, 2.75) is 63.9 Å². The monoisotopic (exact) mass is 329 g/mol. The molecule has 4 nitrogen and oxygen atoms in total. The summed E-state index contributed by atoms with van der Waals surface area (Å²) in [5, 5.41) is 9.89. The second-order valence-electron chi connectivity index (χ2n) is 7.41. The lowest BCUT2D eigenvalue weighted by atomic mass is 9.63. The van der Waals surface area contributed by atoms with Crippen LogP contribution in [0.5, 0.6) is 0 Å². The predicted molar refractivity (Wildman–Crippen MR) is 90.7 cm³/mol. The van der Waals surface area contributed by atoms with Gasteiger partial charge in [-0.3, -0.25) is 0 Å². The van der Waals surface area contributed by atoms with Gasteiger partial charge in [0.15, 0.2) is 11.5 Å². The van der Waals surface area contributed by atoms with Crippen LogP contribution in [0.1, 0.15) is 57.8 Å². The Morgan fingerprint density at radius 3 is 2.50 bits per heavy atom. The lowest BCUT2D eigenvalue weighted by molar-refractivity contribution is -0.112. The van der Waals surface area contributed by atoms with Crippen molar-refractivity contribution in [2.24, 2.45) is 17.3 Å². The Balaban J connectivity index is 1.77. The van der Waals surface area contributed by atoms with E-state index in [1.165, 1.54) is 12.8 Å². The van der Waals surface area contributed by atoms with E-state index in [2.05, 4.69) is 18.2 Å². The zero-order chi connectivity index (χ0) is 17.0. The van der Waals surface area contributed by atoms with Crippen molar-refractivity contribution < 1.29 is 14.3 Å². The zero-order valence-electron chi connectivity index (χ0n) is 14.5. The minimum atomic E-state index is -0.375. The first kappa shape index (κ1) is 17.1. The molecular formula is C20H27NO3. The van der Waals surface area contributed by atoms with Crippen molar-refractivity contribution >= 4 is 6.29 Å². The van der Waals surface area contributed by atoms with Crippen molar-refractivity contribution in [3.05, 3.63) is 23.7 Å². The molecule has 0 radical (unpaired) electrons. The first-order valence-electron chi connectivity index (χ1n) is 9.20. The topological polar surface area (TPSA) is 59.3 Å². The highest BCUT2D eigenvalue weighted by Crippen LogP contribution is 2.48. The molecule has 0 aliphatic heterocycles. The van der Waals surface area contributed by atoms with Crippen molar-refractivity contribution in [3.8, 4) is 6.07 Å². The van der Waals surface area contributed by atoms with Crippen LogP contribution in [0.4, 0.5) is 0 Å². The molecule has 0 saturated heterocycles. The highest BCUT2D eigenvalue weighted by Gasteiger charge is 2.42. The third-order valence-electron chi connectivity index (χ3n) is 6.02. The quantitative estimate of drug-likeness (QED) is 0.706. The Morgan fingerprint density at radius 2 is 1.92 bits per heavy atom. The van der Waals surface area contributed by atoms with Gasteiger partial charge in [-0.15, -0.1) is 0 Å². The Kier molecular flexibility index (Phi) is 5.28. The molecule has 2 saturated carbocycles. The fourth-order valence-corrected chi connectivity index (χ4v) is 4.38. The molecule has 0 aromatic rings. The van der Waals surface area contributed by atoms with Crippen LogP contribution >= 0.6 is 0 Å². The number of carbonyl (C=O) groups is 1. The number of carbonyl (C=O) groups excluding carboxylic acids is 1. The second-order valence-corrected chi connectivity index (χ2v) is 7.41. The number of hydrogen-bond donors (Lipinski definition) is 0. The van der Waals surface area contributed by atoms with Gasteiger partial charge in [-0.05, 0) is 69.9 Å². The van der Waals surface area contributed by atoms with Gasteiger partial charge in [0, 0.05) is 11.8 Å². The van der Waals surface area contributed by atoms with E-state index in [1.54, 1.807) is 7.11 Å². The summed E-state index contributed by atoms with van der Waals surface area (Å²) in [5.74, 6) is 1.88. The van der Waals surface area contributed by atoms with Crippen molar-refractivity contribution in [3.63, 3.8) is 0 Å². The zero-order valence-corrected chi connectivity index (χ0v) is 14.5. The van der Waals surface area contributed by atoms with E-state index in [0.29, 0.717) is 0 Å². The maximum atomic E-state index is 11.0. The van der Waals surface area contributed by atoms with E-state index in [4.69, 9.17) is 9.47 Å². The van der Waals surface area contributed by atoms with E-state index in [-0.39, 0.29) is 23.4 Å². The molecule has 0 N–H and O–H groups in total. The van der Waals surface area contributed by atoms with Crippen LogP contribution in [0.15, 0.2) is 23.7 Å². The summed E-state index contributed by atoms with van der Waals surface area (Å²) in [6.07, 6.45) is 14.2. The Bertz CT molecular complexity index is 558. The van der Waals surface area contributed by atoms with E-state index in [0.717, 1.165) is 62.8 Å². The van der Waals surface area contributed by atoms with E-state index in [9.17, 15) is 10.1 Å². The maximum absolute atomic E-state index is 11.0. The molecule has 0 spiro atoms. The summed E-state index contributed by atoms with van der Waals surface area (Å²) in [5.41, 5.74) is -0.375. The van der Waals surface area contributed by atoms with Gasteiger partial charge in [-0.2, -0.15) is 5.26 Å². The van der Waals surface area contributed by atoms with Crippen LogP contribution in [-0.2, 0) is 14.3 Å². The van der Waals surface area contributed by atoms with E-state index in [1.807, 2.05) is 0 Å². The van der Waals surface area contributed by atoms with Crippen LogP contribution < -0.4 is 0 Å². The summed E-state index contributed by atoms with van der Waals surface area (Å²) < 4.78 is 11.7. The van der Waals surface area contributed by atoms with Gasteiger partial charge >= 0.3 is 0 Å². The highest BCUT2D eigenvalue weighted by molar-refractivity contribution is 5.53. The molecular weight excluding hydrogens is 302 g/mol. The number of hydrogen-bond acceptors (Lipinski definition) is 4. The minimum Gasteiger partial charge on any atom is -0.493 e. The highest BCUT2D eigenvalue weighted by atomic mass is 16.5. The van der Waals surface area contributed by atoms with Gasteiger partial charge in [-0.25, -0.2) is 0 Å². The van der Waals surface area contributed by atoms with Crippen LogP contribution in [0, 0.1) is 28.6 Å². The standard InChI is InChI=1S/C20H27NO3/c1-23-18-7-6-16(12-19(18)24-17-4-2-3-5-17)20(14-21)10-8-15(13-22)9-11-20/h7,12-13,15-17H,2-6,8-11H2,1H3. The van der Waals surface area contributed by atoms with E-state index >= 15 is 0 Å². The largest absolute Gasteiger partial charge is 0.493 e. The molecule has 1 atom stereocenters. The average molecular weight is 329 g/mol. The molecule has 3 aliphatic carbocycles. The van der Waals surface area contributed by atoms with Gasteiger partial charge in [0.1, 0.15) is 6.29 Å². The number of nitrogens with zero attached hydrogens (tertiary/aromatic N) is 1. The van der Waals surface area contributed by atoms with Crippen LogP contribution in [-0.4, -0.2) is 19.5 Å². The molecule has 2 fully saturated rings. The molecule has 0 amide bonds. The molecule has 0 aromatic heterocycles. The number of aldehydes is 1. The smallest absolute Gasteiger partial charge is 0.157 e. The molecule has 3 rings (SSSR count). The average Bonchev–Trinajstić information content (AvgIpc) is 3.15. The van der Waals surface area contributed by atoms with Gasteiger partial charge in [-0.1, -0.05) is 0 Å². The fourth-order valence-electron chi connectivity index (χ4n) is 4.38. The van der Waals surface area contributed by atoms with Crippen molar-refractivity contribution in [1.82, 2.24) is 0 Å². The maximum Gasteiger partial charge on any atom is 0.157 e. The number of allylic oxidation sites excluding steroid dienone is 2. The van der Waals surface area contributed by atoms with E-state index < -0.39 is 0 Å². The molecule has 4 heteroatoms. The summed E-state index contributed by atoms with van der Waals surface area (Å²) in [7, 11) is 1.67. The molecule has 130 valence electrons. The molecule has 0 aromatic carbocycles. The van der Waals surface area contributed by atoms with Crippen LogP contribution in [0.2, 0.25) is 0 Å². The SMILES string of the molecule is COC1=CCC(C2(C#N)CCC(C=O)CC2)C=C1OC1CCCC1. The van der Waals surface area contributed by atoms with Crippen LogP contribution in [0.3, 0.4) is 0 Å². The first-order chi connectivity index (χ1) is 11.7. The van der Waals surface area contributed by atoms with Crippen LogP contribution in [0.25, 0.3) is 0 Å². The second kappa shape index (κ2) is 7.42. The molecule has 0 bridgehead atoms. The van der Waals surface area contributed by atoms with Gasteiger partial charge in [0.25, 0.3) is 0 Å². The third-order valence-corrected chi connectivity index (χ3v) is 6.02. The van der Waals surface area contributed by atoms with Crippen molar-refractivity contribution in [2.75, 3.05) is 7.11 Å². The van der Waals surface area contributed by atoms with Crippen molar-refractivity contribution in [1.29, 1.82) is 5.26 Å². The molecule has 0 heterocycles. The fraction of sp³-hybridized carbons (Fsp3) is 0.700. The number of nitriles is 1. The van der Waals surface area contributed by atoms with Gasteiger partial charge < -0.3 is 14.3 Å².